The molecule has 0 spiro atoms. The van der Waals surface area contributed by atoms with E-state index in [-0.39, 0.29) is 0 Å². The summed E-state index contributed by atoms with van der Waals surface area (Å²) in [6, 6.07) is 23.0. The van der Waals surface area contributed by atoms with Crippen LogP contribution >= 0.6 is 0 Å². The maximum Gasteiger partial charge on any atom is 0.133 e. The van der Waals surface area contributed by atoms with Crippen molar-refractivity contribution in [1.82, 2.24) is 0 Å². The van der Waals surface area contributed by atoms with Crippen molar-refractivity contribution in [3.63, 3.8) is 0 Å². The molecule has 0 aromatic heterocycles. The monoisotopic (exact) mass is 258 g/mol. The maximum atomic E-state index is 4.74. The number of rotatable bonds is 2. The number of aliphatic imine (C=N–C) groups is 1. The SMILES string of the molecule is c1ccc(CN=C2Nc3cccc4cccc2c34)cc1. The molecule has 3 aromatic rings. The van der Waals surface area contributed by atoms with Gasteiger partial charge in [-0.2, -0.15) is 0 Å². The third-order valence-electron chi connectivity index (χ3n) is 3.68. The zero-order valence-corrected chi connectivity index (χ0v) is 11.0. The molecule has 1 aliphatic rings. The maximum absolute atomic E-state index is 4.74. The molecule has 20 heavy (non-hydrogen) atoms. The highest BCUT2D eigenvalue weighted by molar-refractivity contribution is 6.25. The molecule has 2 nitrogen and oxygen atoms in total. The van der Waals surface area contributed by atoms with Gasteiger partial charge in [0.05, 0.1) is 6.54 Å². The first kappa shape index (κ1) is 11.2. The highest BCUT2D eigenvalue weighted by Gasteiger charge is 2.18. The van der Waals surface area contributed by atoms with E-state index in [4.69, 9.17) is 4.99 Å². The van der Waals surface area contributed by atoms with Crippen molar-refractivity contribution in [2.45, 2.75) is 6.54 Å². The summed E-state index contributed by atoms with van der Waals surface area (Å²) in [5, 5.41) is 5.97. The molecule has 0 aliphatic carbocycles. The molecule has 1 aliphatic heterocycles. The van der Waals surface area contributed by atoms with Gasteiger partial charge in [0.2, 0.25) is 0 Å². The molecule has 1 heterocycles. The van der Waals surface area contributed by atoms with Crippen LogP contribution < -0.4 is 5.32 Å². The van der Waals surface area contributed by atoms with Crippen LogP contribution in [0.5, 0.6) is 0 Å². The summed E-state index contributed by atoms with van der Waals surface area (Å²) in [4.78, 5) is 4.74. The topological polar surface area (TPSA) is 24.4 Å². The second kappa shape index (κ2) is 4.49. The Bertz CT molecular complexity index is 799. The van der Waals surface area contributed by atoms with E-state index < -0.39 is 0 Å². The third kappa shape index (κ3) is 1.77. The van der Waals surface area contributed by atoms with Gasteiger partial charge in [-0.15, -0.1) is 0 Å². The van der Waals surface area contributed by atoms with Crippen molar-refractivity contribution in [1.29, 1.82) is 0 Å². The molecule has 0 saturated carbocycles. The van der Waals surface area contributed by atoms with Gasteiger partial charge in [0.1, 0.15) is 5.84 Å². The summed E-state index contributed by atoms with van der Waals surface area (Å²) in [6.45, 7) is 0.702. The van der Waals surface area contributed by atoms with Crippen molar-refractivity contribution in [3.8, 4) is 0 Å². The lowest BCUT2D eigenvalue weighted by molar-refractivity contribution is 1.07. The second-order valence-electron chi connectivity index (χ2n) is 4.98. The zero-order valence-electron chi connectivity index (χ0n) is 11.0. The molecule has 4 rings (SSSR count). The minimum Gasteiger partial charge on any atom is -0.339 e. The van der Waals surface area contributed by atoms with Crippen molar-refractivity contribution < 1.29 is 0 Å². The predicted octanol–water partition coefficient (Wildman–Crippen LogP) is 4.21. The number of hydrogen-bond donors (Lipinski definition) is 1. The standard InChI is InChI=1S/C18H14N2/c1-2-6-13(7-3-1)12-19-18-15-10-4-8-14-9-5-11-16(20-18)17(14)15/h1-11H,12H2,(H,19,20). The average Bonchev–Trinajstić information content (AvgIpc) is 2.87. The van der Waals surface area contributed by atoms with Crippen LogP contribution in [0.15, 0.2) is 71.7 Å². The van der Waals surface area contributed by atoms with Crippen molar-refractivity contribution >= 4 is 22.3 Å². The van der Waals surface area contributed by atoms with Crippen molar-refractivity contribution in [3.05, 3.63) is 77.9 Å². The minimum atomic E-state index is 0.702. The first-order valence-electron chi connectivity index (χ1n) is 6.79. The van der Waals surface area contributed by atoms with Gasteiger partial charge in [-0.05, 0) is 17.0 Å². The molecule has 3 aromatic carbocycles. The van der Waals surface area contributed by atoms with E-state index in [1.54, 1.807) is 0 Å². The van der Waals surface area contributed by atoms with Gasteiger partial charge in [-0.25, -0.2) is 0 Å². The van der Waals surface area contributed by atoms with Gasteiger partial charge in [-0.3, -0.25) is 4.99 Å². The Kier molecular flexibility index (Phi) is 2.52. The van der Waals surface area contributed by atoms with Crippen LogP contribution in [-0.4, -0.2) is 5.84 Å². The molecular formula is C18H14N2. The minimum absolute atomic E-state index is 0.702. The predicted molar refractivity (Wildman–Crippen MR) is 84.3 cm³/mol. The molecule has 2 heteroatoms. The number of anilines is 1. The van der Waals surface area contributed by atoms with Crippen LogP contribution in [0, 0.1) is 0 Å². The van der Waals surface area contributed by atoms with Crippen LogP contribution in [0.2, 0.25) is 0 Å². The van der Waals surface area contributed by atoms with Crippen LogP contribution in [-0.2, 0) is 6.54 Å². The molecule has 0 atom stereocenters. The summed E-state index contributed by atoms with van der Waals surface area (Å²) in [5.41, 5.74) is 3.59. The Morgan fingerprint density at radius 2 is 1.60 bits per heavy atom. The van der Waals surface area contributed by atoms with Gasteiger partial charge in [0, 0.05) is 16.6 Å². The molecule has 0 saturated heterocycles. The Hall–Kier alpha value is -2.61. The average molecular weight is 258 g/mol. The fourth-order valence-electron chi connectivity index (χ4n) is 2.72. The van der Waals surface area contributed by atoms with Crippen LogP contribution in [0.4, 0.5) is 5.69 Å². The van der Waals surface area contributed by atoms with Gasteiger partial charge in [0.25, 0.3) is 0 Å². The van der Waals surface area contributed by atoms with Gasteiger partial charge in [0.15, 0.2) is 0 Å². The molecule has 96 valence electrons. The quantitative estimate of drug-likeness (QED) is 0.731. The van der Waals surface area contributed by atoms with E-state index in [0.29, 0.717) is 6.54 Å². The lowest BCUT2D eigenvalue weighted by Crippen LogP contribution is -2.07. The van der Waals surface area contributed by atoms with E-state index in [1.165, 1.54) is 21.9 Å². The van der Waals surface area contributed by atoms with E-state index in [2.05, 4.69) is 53.8 Å². The number of benzene rings is 3. The van der Waals surface area contributed by atoms with E-state index >= 15 is 0 Å². The van der Waals surface area contributed by atoms with Gasteiger partial charge in [-0.1, -0.05) is 60.7 Å². The lowest BCUT2D eigenvalue weighted by atomic mass is 10.1. The van der Waals surface area contributed by atoms with E-state index in [1.807, 2.05) is 18.2 Å². The first-order chi connectivity index (χ1) is 9.92. The van der Waals surface area contributed by atoms with Crippen LogP contribution in [0.3, 0.4) is 0 Å². The van der Waals surface area contributed by atoms with Gasteiger partial charge >= 0.3 is 0 Å². The van der Waals surface area contributed by atoms with Crippen LogP contribution in [0.25, 0.3) is 10.8 Å². The summed E-state index contributed by atoms with van der Waals surface area (Å²) in [6.07, 6.45) is 0. The summed E-state index contributed by atoms with van der Waals surface area (Å²) in [7, 11) is 0. The number of hydrogen-bond acceptors (Lipinski definition) is 1. The van der Waals surface area contributed by atoms with Crippen molar-refractivity contribution in [2.75, 3.05) is 5.32 Å². The van der Waals surface area contributed by atoms with Gasteiger partial charge < -0.3 is 5.32 Å². The van der Waals surface area contributed by atoms with E-state index in [9.17, 15) is 0 Å². The molecular weight excluding hydrogens is 244 g/mol. The molecule has 0 amide bonds. The first-order valence-corrected chi connectivity index (χ1v) is 6.79. The fourth-order valence-corrected chi connectivity index (χ4v) is 2.72. The molecule has 1 N–H and O–H groups in total. The summed E-state index contributed by atoms with van der Waals surface area (Å²) >= 11 is 0. The lowest BCUT2D eigenvalue weighted by Gasteiger charge is -2.01. The summed E-state index contributed by atoms with van der Waals surface area (Å²) < 4.78 is 0. The highest BCUT2D eigenvalue weighted by atomic mass is 15.0. The summed E-state index contributed by atoms with van der Waals surface area (Å²) in [5.74, 6) is 0.973. The largest absolute Gasteiger partial charge is 0.339 e. The Morgan fingerprint density at radius 3 is 2.45 bits per heavy atom. The normalized spacial score (nSPS) is 14.7. The Balaban J connectivity index is 1.75. The molecule has 0 fully saturated rings. The smallest absolute Gasteiger partial charge is 0.133 e. The number of amidine groups is 1. The molecule has 0 bridgehead atoms. The van der Waals surface area contributed by atoms with Crippen molar-refractivity contribution in [2.24, 2.45) is 4.99 Å². The fraction of sp³-hybridized carbons (Fsp3) is 0.0556. The highest BCUT2D eigenvalue weighted by Crippen LogP contribution is 2.33. The Labute approximate surface area is 117 Å². The van der Waals surface area contributed by atoms with Crippen LogP contribution in [0.1, 0.15) is 11.1 Å². The number of nitrogens with zero attached hydrogens (tertiary/aromatic N) is 1. The second-order valence-corrected chi connectivity index (χ2v) is 4.98. The Morgan fingerprint density at radius 1 is 0.800 bits per heavy atom. The molecule has 0 radical (unpaired) electrons. The zero-order chi connectivity index (χ0) is 13.4. The number of nitrogens with one attached hydrogen (secondary N) is 1. The third-order valence-corrected chi connectivity index (χ3v) is 3.68. The van der Waals surface area contributed by atoms with E-state index in [0.717, 1.165) is 11.5 Å². The molecule has 0 unspecified atom stereocenters.